The van der Waals surface area contributed by atoms with E-state index in [1.807, 2.05) is 11.8 Å². The summed E-state index contributed by atoms with van der Waals surface area (Å²) in [5.41, 5.74) is 0. The van der Waals surface area contributed by atoms with E-state index in [9.17, 15) is 9.59 Å². The Labute approximate surface area is 171 Å². The number of hydrogen-bond donors (Lipinski definition) is 1. The van der Waals surface area contributed by atoms with Crippen molar-refractivity contribution in [2.45, 2.75) is 104 Å². The van der Waals surface area contributed by atoms with Gasteiger partial charge in [0.2, 0.25) is 0 Å². The highest BCUT2D eigenvalue weighted by Gasteiger charge is 2.03. The number of thioether (sulfide) groups is 1. The van der Waals surface area contributed by atoms with Crippen LogP contribution in [0.2, 0.25) is 0 Å². The summed E-state index contributed by atoms with van der Waals surface area (Å²) < 4.78 is 5.29. The first-order chi connectivity index (χ1) is 13.0. The van der Waals surface area contributed by atoms with Crippen LogP contribution in [0.4, 0.5) is 0 Å². The summed E-state index contributed by atoms with van der Waals surface area (Å²) in [6.45, 7) is 5.14. The van der Waals surface area contributed by atoms with Crippen molar-refractivity contribution in [1.29, 1.82) is 0 Å². The lowest BCUT2D eigenvalue weighted by atomic mass is 10.0. The molecule has 0 rings (SSSR count). The van der Waals surface area contributed by atoms with Gasteiger partial charge in [0.15, 0.2) is 0 Å². The number of aliphatic carboxylic acids is 1. The Morgan fingerprint density at radius 2 is 1.33 bits per heavy atom. The largest absolute Gasteiger partial charge is 0.481 e. The smallest absolute Gasteiger partial charge is 0.305 e. The quantitative estimate of drug-likeness (QED) is 0.187. The molecule has 1 N–H and O–H groups in total. The maximum absolute atomic E-state index is 11.7. The van der Waals surface area contributed by atoms with E-state index in [-0.39, 0.29) is 12.4 Å². The van der Waals surface area contributed by atoms with Crippen LogP contribution < -0.4 is 0 Å². The Morgan fingerprint density at radius 1 is 0.778 bits per heavy atom. The fourth-order valence-electron chi connectivity index (χ4n) is 2.85. The van der Waals surface area contributed by atoms with Gasteiger partial charge in [0, 0.05) is 12.8 Å². The van der Waals surface area contributed by atoms with E-state index in [0.717, 1.165) is 55.9 Å². The average molecular weight is 403 g/mol. The van der Waals surface area contributed by atoms with E-state index in [0.29, 0.717) is 13.0 Å². The number of carbonyl (C=O) groups is 2. The monoisotopic (exact) mass is 402 g/mol. The molecule has 0 aliphatic rings. The molecule has 0 heterocycles. The minimum Gasteiger partial charge on any atom is -0.481 e. The first kappa shape index (κ1) is 26.3. The zero-order valence-electron chi connectivity index (χ0n) is 17.7. The molecule has 4 nitrogen and oxygen atoms in total. The van der Waals surface area contributed by atoms with Crippen molar-refractivity contribution in [3.63, 3.8) is 0 Å². The van der Waals surface area contributed by atoms with Gasteiger partial charge in [-0.15, -0.1) is 0 Å². The van der Waals surface area contributed by atoms with E-state index in [4.69, 9.17) is 9.84 Å². The predicted octanol–water partition coefficient (Wildman–Crippen LogP) is 6.46. The number of esters is 1. The lowest BCUT2D eigenvalue weighted by Crippen LogP contribution is -2.05. The van der Waals surface area contributed by atoms with Gasteiger partial charge in [-0.25, -0.2) is 0 Å². The molecule has 0 saturated carbocycles. The number of carboxylic acid groups (broad SMARTS) is 1. The predicted molar refractivity (Wildman–Crippen MR) is 115 cm³/mol. The zero-order chi connectivity index (χ0) is 20.2. The molecule has 0 radical (unpaired) electrons. The van der Waals surface area contributed by atoms with Crippen LogP contribution in [0.1, 0.15) is 104 Å². The first-order valence-electron chi connectivity index (χ1n) is 11.0. The molecule has 0 aliphatic carbocycles. The summed E-state index contributed by atoms with van der Waals surface area (Å²) in [5.74, 6) is 2.10. The van der Waals surface area contributed by atoms with Crippen LogP contribution in [0, 0.1) is 5.92 Å². The van der Waals surface area contributed by atoms with Gasteiger partial charge >= 0.3 is 11.9 Å². The van der Waals surface area contributed by atoms with Crippen LogP contribution in [-0.2, 0) is 14.3 Å². The number of carbonyl (C=O) groups excluding carboxylic acids is 1. The van der Waals surface area contributed by atoms with E-state index in [1.54, 1.807) is 0 Å². The highest BCUT2D eigenvalue weighted by atomic mass is 32.2. The number of ether oxygens (including phenoxy) is 1. The minimum absolute atomic E-state index is 0.0601. The molecule has 0 fully saturated rings. The van der Waals surface area contributed by atoms with Gasteiger partial charge in [-0.05, 0) is 49.5 Å². The van der Waals surface area contributed by atoms with Crippen LogP contribution in [0.3, 0.4) is 0 Å². The number of hydrogen-bond acceptors (Lipinski definition) is 4. The maximum Gasteiger partial charge on any atom is 0.305 e. The summed E-state index contributed by atoms with van der Waals surface area (Å²) in [5, 5.41) is 8.55. The van der Waals surface area contributed by atoms with Gasteiger partial charge in [0.1, 0.15) is 0 Å². The lowest BCUT2D eigenvalue weighted by molar-refractivity contribution is -0.144. The second-order valence-corrected chi connectivity index (χ2v) is 9.02. The van der Waals surface area contributed by atoms with E-state index in [1.165, 1.54) is 38.5 Å². The van der Waals surface area contributed by atoms with Crippen molar-refractivity contribution in [2.24, 2.45) is 5.92 Å². The Hall–Kier alpha value is -0.710. The van der Waals surface area contributed by atoms with Crippen molar-refractivity contribution < 1.29 is 19.4 Å². The van der Waals surface area contributed by atoms with Crippen molar-refractivity contribution in [1.82, 2.24) is 0 Å². The molecule has 0 aromatic carbocycles. The summed E-state index contributed by atoms with van der Waals surface area (Å²) in [6, 6.07) is 0. The van der Waals surface area contributed by atoms with Crippen LogP contribution >= 0.6 is 11.8 Å². The molecule has 0 aromatic heterocycles. The Kier molecular flexibility index (Phi) is 19.5. The van der Waals surface area contributed by atoms with Crippen molar-refractivity contribution in [2.75, 3.05) is 18.1 Å². The summed E-state index contributed by atoms with van der Waals surface area (Å²) >= 11 is 1.85. The Morgan fingerprint density at radius 3 is 1.93 bits per heavy atom. The van der Waals surface area contributed by atoms with Crippen LogP contribution in [0.25, 0.3) is 0 Å². The van der Waals surface area contributed by atoms with E-state index >= 15 is 0 Å². The third kappa shape index (κ3) is 23.3. The molecule has 0 aliphatic heterocycles. The zero-order valence-corrected chi connectivity index (χ0v) is 18.5. The normalized spacial score (nSPS) is 11.1. The number of rotatable bonds is 20. The third-order valence-electron chi connectivity index (χ3n) is 4.54. The molecule has 0 bridgehead atoms. The van der Waals surface area contributed by atoms with E-state index < -0.39 is 5.97 Å². The summed E-state index contributed by atoms with van der Waals surface area (Å²) in [4.78, 5) is 22.0. The molecule has 0 unspecified atom stereocenters. The summed E-state index contributed by atoms with van der Waals surface area (Å²) in [7, 11) is 0. The molecule has 160 valence electrons. The van der Waals surface area contributed by atoms with Gasteiger partial charge in [0.25, 0.3) is 0 Å². The molecular formula is C22H42O4S. The number of unbranched alkanes of at least 4 members (excludes halogenated alkanes) is 8. The standard InChI is InChI=1S/C22H42O4S/c1-20(2)14-8-6-4-3-5-7-11-17-26-22(25)16-10-13-19-27-18-12-9-15-21(23)24/h20H,3-19H2,1-2H3,(H,23,24). The first-order valence-corrected chi connectivity index (χ1v) is 12.1. The van der Waals surface area contributed by atoms with Gasteiger partial charge in [0.05, 0.1) is 6.61 Å². The maximum atomic E-state index is 11.7. The molecular weight excluding hydrogens is 360 g/mol. The fourth-order valence-corrected chi connectivity index (χ4v) is 3.87. The second kappa shape index (κ2) is 20.0. The molecule has 0 atom stereocenters. The van der Waals surface area contributed by atoms with Crippen LogP contribution in [0.5, 0.6) is 0 Å². The SMILES string of the molecule is CC(C)CCCCCCCCCOC(=O)CCCCSCCCCC(=O)O. The van der Waals surface area contributed by atoms with Crippen molar-refractivity contribution >= 4 is 23.7 Å². The topological polar surface area (TPSA) is 63.6 Å². The lowest BCUT2D eigenvalue weighted by Gasteiger charge is -2.06. The average Bonchev–Trinajstić information content (AvgIpc) is 2.61. The third-order valence-corrected chi connectivity index (χ3v) is 5.69. The highest BCUT2D eigenvalue weighted by molar-refractivity contribution is 7.99. The van der Waals surface area contributed by atoms with Crippen LogP contribution in [0.15, 0.2) is 0 Å². The van der Waals surface area contributed by atoms with E-state index in [2.05, 4.69) is 13.8 Å². The molecule has 5 heteroatoms. The van der Waals surface area contributed by atoms with Crippen molar-refractivity contribution in [3.05, 3.63) is 0 Å². The molecule has 27 heavy (non-hydrogen) atoms. The molecule has 0 amide bonds. The Bertz CT molecular complexity index is 358. The highest BCUT2D eigenvalue weighted by Crippen LogP contribution is 2.13. The van der Waals surface area contributed by atoms with Gasteiger partial charge < -0.3 is 9.84 Å². The molecule has 0 spiro atoms. The summed E-state index contributed by atoms with van der Waals surface area (Å²) in [6.07, 6.45) is 14.5. The molecule has 0 saturated heterocycles. The minimum atomic E-state index is -0.712. The number of carboxylic acids is 1. The van der Waals surface area contributed by atoms with Gasteiger partial charge in [-0.2, -0.15) is 11.8 Å². The van der Waals surface area contributed by atoms with Gasteiger partial charge in [-0.3, -0.25) is 9.59 Å². The van der Waals surface area contributed by atoms with Crippen LogP contribution in [-0.4, -0.2) is 35.2 Å². The Balaban J connectivity index is 3.19. The van der Waals surface area contributed by atoms with Crippen molar-refractivity contribution in [3.8, 4) is 0 Å². The second-order valence-electron chi connectivity index (χ2n) is 7.80. The molecule has 0 aromatic rings. The van der Waals surface area contributed by atoms with Gasteiger partial charge in [-0.1, -0.05) is 58.8 Å². The fraction of sp³-hybridized carbons (Fsp3) is 0.909.